The zero-order valence-corrected chi connectivity index (χ0v) is 11.7. The van der Waals surface area contributed by atoms with E-state index in [2.05, 4.69) is 10.2 Å². The minimum atomic E-state index is -0.522. The molecule has 0 aromatic carbocycles. The average Bonchev–Trinajstić information content (AvgIpc) is 3.15. The number of primary amides is 1. The van der Waals surface area contributed by atoms with E-state index in [1.165, 1.54) is 0 Å². The van der Waals surface area contributed by atoms with Gasteiger partial charge in [-0.25, -0.2) is 0 Å². The van der Waals surface area contributed by atoms with Gasteiger partial charge in [-0.15, -0.1) is 0 Å². The van der Waals surface area contributed by atoms with Crippen LogP contribution in [-0.4, -0.2) is 54.7 Å². The molecular weight excluding hydrogens is 242 g/mol. The van der Waals surface area contributed by atoms with Gasteiger partial charge in [0.15, 0.2) is 0 Å². The first-order valence-electron chi connectivity index (χ1n) is 7.57. The van der Waals surface area contributed by atoms with Gasteiger partial charge >= 0.3 is 0 Å². The Morgan fingerprint density at radius 2 is 1.95 bits per heavy atom. The second-order valence-electron chi connectivity index (χ2n) is 6.29. The van der Waals surface area contributed by atoms with Crippen molar-refractivity contribution in [2.75, 3.05) is 26.2 Å². The first-order valence-corrected chi connectivity index (χ1v) is 7.57. The molecule has 2 aliphatic heterocycles. The van der Waals surface area contributed by atoms with Crippen molar-refractivity contribution >= 4 is 5.91 Å². The van der Waals surface area contributed by atoms with E-state index in [9.17, 15) is 4.79 Å². The van der Waals surface area contributed by atoms with Crippen molar-refractivity contribution in [3.8, 4) is 0 Å². The number of morpholine rings is 1. The predicted octanol–water partition coefficient (Wildman–Crippen LogP) is 0.0932. The smallest absolute Gasteiger partial charge is 0.239 e. The van der Waals surface area contributed by atoms with Crippen LogP contribution < -0.4 is 11.1 Å². The van der Waals surface area contributed by atoms with Crippen LogP contribution in [0.15, 0.2) is 0 Å². The van der Waals surface area contributed by atoms with Gasteiger partial charge in [0.25, 0.3) is 0 Å². The van der Waals surface area contributed by atoms with Gasteiger partial charge < -0.3 is 15.8 Å². The average molecular weight is 267 g/mol. The molecule has 5 nitrogen and oxygen atoms in total. The van der Waals surface area contributed by atoms with E-state index in [1.807, 2.05) is 6.92 Å². The molecule has 0 aromatic rings. The third kappa shape index (κ3) is 2.51. The maximum atomic E-state index is 12.0. The molecule has 0 radical (unpaired) electrons. The zero-order valence-electron chi connectivity index (χ0n) is 11.7. The van der Waals surface area contributed by atoms with E-state index in [0.717, 1.165) is 51.9 Å². The molecule has 108 valence electrons. The van der Waals surface area contributed by atoms with E-state index in [4.69, 9.17) is 10.5 Å². The highest BCUT2D eigenvalue weighted by molar-refractivity contribution is 5.86. The number of likely N-dealkylation sites (N-methyl/N-ethyl adjacent to an activating group) is 1. The molecule has 3 rings (SSSR count). The van der Waals surface area contributed by atoms with Crippen LogP contribution in [0.4, 0.5) is 0 Å². The maximum Gasteiger partial charge on any atom is 0.239 e. The molecule has 2 bridgehead atoms. The quantitative estimate of drug-likeness (QED) is 0.716. The Kier molecular flexibility index (Phi) is 3.53. The fourth-order valence-corrected chi connectivity index (χ4v) is 3.77. The van der Waals surface area contributed by atoms with Crippen molar-refractivity contribution in [1.29, 1.82) is 0 Å². The molecule has 1 amide bonds. The normalized spacial score (nSPS) is 34.2. The van der Waals surface area contributed by atoms with E-state index in [1.54, 1.807) is 0 Å². The molecule has 3 N–H and O–H groups in total. The minimum absolute atomic E-state index is 0.185. The first kappa shape index (κ1) is 13.3. The minimum Gasteiger partial charge on any atom is -0.372 e. The van der Waals surface area contributed by atoms with Crippen LogP contribution in [0.1, 0.15) is 32.6 Å². The van der Waals surface area contributed by atoms with Gasteiger partial charge in [0.05, 0.1) is 12.2 Å². The van der Waals surface area contributed by atoms with Crippen molar-refractivity contribution in [2.24, 2.45) is 11.7 Å². The molecule has 3 atom stereocenters. The number of hydrogen-bond acceptors (Lipinski definition) is 4. The van der Waals surface area contributed by atoms with Crippen molar-refractivity contribution < 1.29 is 9.53 Å². The van der Waals surface area contributed by atoms with Gasteiger partial charge in [-0.1, -0.05) is 6.92 Å². The Balaban J connectivity index is 1.71. The lowest BCUT2D eigenvalue weighted by Crippen LogP contribution is -2.64. The van der Waals surface area contributed by atoms with Crippen molar-refractivity contribution in [3.05, 3.63) is 0 Å². The summed E-state index contributed by atoms with van der Waals surface area (Å²) < 4.78 is 5.86. The lowest BCUT2D eigenvalue weighted by atomic mass is 9.91. The molecule has 3 fully saturated rings. The van der Waals surface area contributed by atoms with Gasteiger partial charge in [0.1, 0.15) is 5.54 Å². The molecule has 0 spiro atoms. The molecule has 1 saturated carbocycles. The van der Waals surface area contributed by atoms with Crippen molar-refractivity contribution in [1.82, 2.24) is 10.2 Å². The zero-order chi connectivity index (χ0) is 13.5. The third-order valence-corrected chi connectivity index (χ3v) is 4.80. The van der Waals surface area contributed by atoms with Crippen LogP contribution in [0.3, 0.4) is 0 Å². The highest BCUT2D eigenvalue weighted by atomic mass is 16.5. The summed E-state index contributed by atoms with van der Waals surface area (Å²) in [5, 5.41) is 3.40. The van der Waals surface area contributed by atoms with Gasteiger partial charge in [-0.3, -0.25) is 9.69 Å². The Morgan fingerprint density at radius 1 is 1.32 bits per heavy atom. The lowest BCUT2D eigenvalue weighted by Gasteiger charge is -2.40. The Bertz CT molecular complexity index is 347. The van der Waals surface area contributed by atoms with Crippen LogP contribution >= 0.6 is 0 Å². The summed E-state index contributed by atoms with van der Waals surface area (Å²) in [4.78, 5) is 14.4. The van der Waals surface area contributed by atoms with Gasteiger partial charge in [-0.2, -0.15) is 0 Å². The molecular formula is C14H25N3O2. The maximum absolute atomic E-state index is 12.0. The molecule has 3 aliphatic rings. The summed E-state index contributed by atoms with van der Waals surface area (Å²) in [6.07, 6.45) is 5.29. The Morgan fingerprint density at radius 3 is 2.42 bits per heavy atom. The fraction of sp³-hybridized carbons (Fsp3) is 0.929. The number of carbonyl (C=O) groups excluding carboxylic acids is 1. The number of nitrogens with two attached hydrogens (primary N) is 1. The van der Waals surface area contributed by atoms with Crippen LogP contribution in [0, 0.1) is 5.92 Å². The standard InChI is InChI=1S/C14H25N3O2/c1-2-16-14(13(15)18,10-3-4-10)9-17-7-11-5-6-12(8-17)19-11/h10-12,16H,2-9H2,1H3,(H2,15,18). The number of nitrogens with one attached hydrogen (secondary N) is 1. The highest BCUT2D eigenvalue weighted by Crippen LogP contribution is 2.41. The largest absolute Gasteiger partial charge is 0.372 e. The third-order valence-electron chi connectivity index (χ3n) is 4.80. The first-order chi connectivity index (χ1) is 9.14. The van der Waals surface area contributed by atoms with Crippen LogP contribution in [0.5, 0.6) is 0 Å². The number of rotatable bonds is 6. The van der Waals surface area contributed by atoms with E-state index in [-0.39, 0.29) is 5.91 Å². The predicted molar refractivity (Wildman–Crippen MR) is 72.7 cm³/mol. The molecule has 2 heterocycles. The molecule has 3 unspecified atom stereocenters. The Labute approximate surface area is 114 Å². The summed E-state index contributed by atoms with van der Waals surface area (Å²) in [6.45, 7) is 5.48. The highest BCUT2D eigenvalue weighted by Gasteiger charge is 2.51. The molecule has 0 aromatic heterocycles. The monoisotopic (exact) mass is 267 g/mol. The van der Waals surface area contributed by atoms with Crippen molar-refractivity contribution in [2.45, 2.75) is 50.4 Å². The number of likely N-dealkylation sites (tertiary alicyclic amines) is 1. The topological polar surface area (TPSA) is 67.6 Å². The summed E-state index contributed by atoms with van der Waals surface area (Å²) in [5.41, 5.74) is 5.22. The van der Waals surface area contributed by atoms with E-state index >= 15 is 0 Å². The van der Waals surface area contributed by atoms with Crippen molar-refractivity contribution in [3.63, 3.8) is 0 Å². The fourth-order valence-electron chi connectivity index (χ4n) is 3.77. The van der Waals surface area contributed by atoms with Crippen LogP contribution in [-0.2, 0) is 9.53 Å². The molecule has 1 aliphatic carbocycles. The van der Waals surface area contributed by atoms with E-state index < -0.39 is 5.54 Å². The summed E-state index contributed by atoms with van der Waals surface area (Å²) in [7, 11) is 0. The second-order valence-corrected chi connectivity index (χ2v) is 6.29. The number of amides is 1. The number of carbonyl (C=O) groups is 1. The summed E-state index contributed by atoms with van der Waals surface area (Å²) in [5.74, 6) is 0.237. The number of nitrogens with zero attached hydrogens (tertiary/aromatic N) is 1. The molecule has 19 heavy (non-hydrogen) atoms. The Hall–Kier alpha value is -0.650. The van der Waals surface area contributed by atoms with Gasteiger partial charge in [0, 0.05) is 19.6 Å². The SMILES string of the molecule is CCNC(CN1CC2CCC(C1)O2)(C(N)=O)C1CC1. The summed E-state index contributed by atoms with van der Waals surface area (Å²) >= 11 is 0. The van der Waals surface area contributed by atoms with Crippen LogP contribution in [0.2, 0.25) is 0 Å². The molecule has 2 saturated heterocycles. The van der Waals surface area contributed by atoms with E-state index in [0.29, 0.717) is 18.1 Å². The number of hydrogen-bond donors (Lipinski definition) is 2. The number of ether oxygens (including phenoxy) is 1. The second kappa shape index (κ2) is 5.04. The van der Waals surface area contributed by atoms with Gasteiger partial charge in [0.2, 0.25) is 5.91 Å². The number of fused-ring (bicyclic) bond motifs is 2. The lowest BCUT2D eigenvalue weighted by molar-refractivity contribution is -0.127. The molecule has 5 heteroatoms. The summed E-state index contributed by atoms with van der Waals surface area (Å²) in [6, 6.07) is 0. The van der Waals surface area contributed by atoms with Gasteiger partial charge in [-0.05, 0) is 38.1 Å². The van der Waals surface area contributed by atoms with Crippen LogP contribution in [0.25, 0.3) is 0 Å².